The molecule has 2 aromatic carbocycles. The first kappa shape index (κ1) is 23.4. The summed E-state index contributed by atoms with van der Waals surface area (Å²) in [7, 11) is -0.376. The molecule has 0 saturated carbocycles. The van der Waals surface area contributed by atoms with Gasteiger partial charge in [0.15, 0.2) is 0 Å². The van der Waals surface area contributed by atoms with E-state index in [-0.39, 0.29) is 36.3 Å². The van der Waals surface area contributed by atoms with Gasteiger partial charge in [-0.05, 0) is 43.2 Å². The molecular formula is C21H28N4O4S. The summed E-state index contributed by atoms with van der Waals surface area (Å²) < 4.78 is 27.3. The predicted molar refractivity (Wildman–Crippen MR) is 117 cm³/mol. The van der Waals surface area contributed by atoms with Crippen molar-refractivity contribution in [3.05, 3.63) is 59.2 Å². The Hall–Kier alpha value is -2.91. The summed E-state index contributed by atoms with van der Waals surface area (Å²) in [5, 5.41) is 5.49. The first-order chi connectivity index (χ1) is 14.1. The summed E-state index contributed by atoms with van der Waals surface area (Å²) in [6, 6.07) is 12.0. The Balaban J connectivity index is 1.83. The molecule has 0 unspecified atom stereocenters. The standard InChI is InChI=1S/C21H28N4O4S/c1-15-8-9-19(16(2)12-15)30(28,29)23-11-10-20(26)22-14-17-6-5-7-18(13-17)24-21(27)25(3)4/h5-9,12-13,23H,10-11,14H2,1-4H3,(H,22,26)(H,24,27). The minimum atomic E-state index is -3.67. The van der Waals surface area contributed by atoms with Gasteiger partial charge in [0.25, 0.3) is 0 Å². The SMILES string of the molecule is Cc1ccc(S(=O)(=O)NCCC(=O)NCc2cccc(NC(=O)N(C)C)c2)c(C)c1. The molecule has 0 atom stereocenters. The summed E-state index contributed by atoms with van der Waals surface area (Å²) in [6.45, 7) is 3.91. The Morgan fingerprint density at radius 3 is 2.43 bits per heavy atom. The smallest absolute Gasteiger partial charge is 0.321 e. The average molecular weight is 433 g/mol. The van der Waals surface area contributed by atoms with Gasteiger partial charge in [0.05, 0.1) is 4.90 Å². The van der Waals surface area contributed by atoms with Gasteiger partial charge < -0.3 is 15.5 Å². The summed E-state index contributed by atoms with van der Waals surface area (Å²) >= 11 is 0. The zero-order valence-electron chi connectivity index (χ0n) is 17.7. The summed E-state index contributed by atoms with van der Waals surface area (Å²) in [5.41, 5.74) is 3.09. The monoisotopic (exact) mass is 432 g/mol. The molecule has 0 aliphatic rings. The number of carbonyl (C=O) groups is 2. The average Bonchev–Trinajstić information content (AvgIpc) is 2.66. The molecule has 0 bridgehead atoms. The van der Waals surface area contributed by atoms with Crippen LogP contribution in [-0.4, -0.2) is 45.9 Å². The number of nitrogens with one attached hydrogen (secondary N) is 3. The number of hydrogen-bond donors (Lipinski definition) is 3. The third-order valence-corrected chi connectivity index (χ3v) is 5.96. The fourth-order valence-electron chi connectivity index (χ4n) is 2.76. The first-order valence-corrected chi connectivity index (χ1v) is 11.0. The molecule has 8 nitrogen and oxygen atoms in total. The molecular weight excluding hydrogens is 404 g/mol. The zero-order valence-corrected chi connectivity index (χ0v) is 18.5. The number of rotatable bonds is 8. The highest BCUT2D eigenvalue weighted by atomic mass is 32.2. The van der Waals surface area contributed by atoms with Crippen LogP contribution >= 0.6 is 0 Å². The van der Waals surface area contributed by atoms with Crippen molar-refractivity contribution in [3.63, 3.8) is 0 Å². The van der Waals surface area contributed by atoms with E-state index >= 15 is 0 Å². The number of aryl methyl sites for hydroxylation is 2. The van der Waals surface area contributed by atoms with E-state index < -0.39 is 10.0 Å². The molecule has 3 amide bonds. The molecule has 9 heteroatoms. The van der Waals surface area contributed by atoms with E-state index in [4.69, 9.17) is 0 Å². The normalized spacial score (nSPS) is 11.1. The number of urea groups is 1. The van der Waals surface area contributed by atoms with Gasteiger partial charge in [-0.25, -0.2) is 17.9 Å². The lowest BCUT2D eigenvalue weighted by atomic mass is 10.2. The van der Waals surface area contributed by atoms with Crippen LogP contribution in [0.1, 0.15) is 23.1 Å². The van der Waals surface area contributed by atoms with E-state index in [1.54, 1.807) is 57.4 Å². The van der Waals surface area contributed by atoms with Crippen molar-refractivity contribution in [2.45, 2.75) is 31.7 Å². The summed E-state index contributed by atoms with van der Waals surface area (Å²) in [5.74, 6) is -0.277. The highest BCUT2D eigenvalue weighted by Gasteiger charge is 2.16. The van der Waals surface area contributed by atoms with E-state index in [1.807, 2.05) is 13.0 Å². The van der Waals surface area contributed by atoms with Crippen LogP contribution in [0.25, 0.3) is 0 Å². The molecule has 0 saturated heterocycles. The minimum Gasteiger partial charge on any atom is -0.352 e. The largest absolute Gasteiger partial charge is 0.352 e. The second-order valence-corrected chi connectivity index (χ2v) is 8.95. The molecule has 30 heavy (non-hydrogen) atoms. The number of amides is 3. The van der Waals surface area contributed by atoms with Crippen molar-refractivity contribution in [1.82, 2.24) is 14.9 Å². The third kappa shape index (κ3) is 6.85. The first-order valence-electron chi connectivity index (χ1n) is 9.49. The third-order valence-electron chi connectivity index (χ3n) is 4.34. The van der Waals surface area contributed by atoms with E-state index in [0.717, 1.165) is 11.1 Å². The highest BCUT2D eigenvalue weighted by molar-refractivity contribution is 7.89. The Morgan fingerprint density at radius 1 is 1.03 bits per heavy atom. The maximum absolute atomic E-state index is 12.4. The van der Waals surface area contributed by atoms with Gasteiger partial charge >= 0.3 is 6.03 Å². The van der Waals surface area contributed by atoms with Crippen LogP contribution < -0.4 is 15.4 Å². The lowest BCUT2D eigenvalue weighted by molar-refractivity contribution is -0.121. The van der Waals surface area contributed by atoms with Gasteiger partial charge in [-0.15, -0.1) is 0 Å². The van der Waals surface area contributed by atoms with E-state index in [2.05, 4.69) is 15.4 Å². The van der Waals surface area contributed by atoms with Crippen molar-refractivity contribution in [2.75, 3.05) is 26.0 Å². The summed E-state index contributed by atoms with van der Waals surface area (Å²) in [4.78, 5) is 25.4. The predicted octanol–water partition coefficient (Wildman–Crippen LogP) is 2.38. The van der Waals surface area contributed by atoms with Gasteiger partial charge in [-0.2, -0.15) is 0 Å². The Morgan fingerprint density at radius 2 is 1.77 bits per heavy atom. The van der Waals surface area contributed by atoms with Gasteiger partial charge in [0.2, 0.25) is 15.9 Å². The van der Waals surface area contributed by atoms with Crippen molar-refractivity contribution in [1.29, 1.82) is 0 Å². The number of carbonyl (C=O) groups excluding carboxylic acids is 2. The number of anilines is 1. The number of nitrogens with zero attached hydrogens (tertiary/aromatic N) is 1. The molecule has 0 radical (unpaired) electrons. The quantitative estimate of drug-likeness (QED) is 0.595. The fraction of sp³-hybridized carbons (Fsp3) is 0.333. The highest BCUT2D eigenvalue weighted by Crippen LogP contribution is 2.16. The lowest BCUT2D eigenvalue weighted by Crippen LogP contribution is -2.31. The second kappa shape index (κ2) is 10.2. The topological polar surface area (TPSA) is 108 Å². The van der Waals surface area contributed by atoms with E-state index in [9.17, 15) is 18.0 Å². The molecule has 0 aromatic heterocycles. The number of hydrogen-bond acceptors (Lipinski definition) is 4. The Labute approximate surface area is 177 Å². The number of sulfonamides is 1. The van der Waals surface area contributed by atoms with Crippen LogP contribution in [0.15, 0.2) is 47.4 Å². The van der Waals surface area contributed by atoms with Crippen LogP contribution in [0.3, 0.4) is 0 Å². The van der Waals surface area contributed by atoms with Gasteiger partial charge in [0.1, 0.15) is 0 Å². The number of benzene rings is 2. The maximum Gasteiger partial charge on any atom is 0.321 e. The maximum atomic E-state index is 12.4. The van der Waals surface area contributed by atoms with Crippen LogP contribution in [0.2, 0.25) is 0 Å². The lowest BCUT2D eigenvalue weighted by Gasteiger charge is -2.13. The van der Waals surface area contributed by atoms with Crippen molar-refractivity contribution >= 4 is 27.6 Å². The van der Waals surface area contributed by atoms with Crippen molar-refractivity contribution < 1.29 is 18.0 Å². The van der Waals surface area contributed by atoms with Gasteiger partial charge in [-0.3, -0.25) is 4.79 Å². The zero-order chi connectivity index (χ0) is 22.3. The Kier molecular flexibility index (Phi) is 7.96. The van der Waals surface area contributed by atoms with Crippen molar-refractivity contribution in [2.24, 2.45) is 0 Å². The van der Waals surface area contributed by atoms with Crippen molar-refractivity contribution in [3.8, 4) is 0 Å². The van der Waals surface area contributed by atoms with Crippen LogP contribution in [0, 0.1) is 13.8 Å². The Bertz CT molecular complexity index is 1020. The molecule has 2 rings (SSSR count). The second-order valence-electron chi connectivity index (χ2n) is 7.22. The molecule has 0 aliphatic carbocycles. The molecule has 0 aliphatic heterocycles. The molecule has 0 spiro atoms. The molecule has 2 aromatic rings. The van der Waals surface area contributed by atoms with Crippen LogP contribution in [0.5, 0.6) is 0 Å². The van der Waals surface area contributed by atoms with E-state index in [1.165, 1.54) is 4.90 Å². The molecule has 0 fully saturated rings. The molecule has 0 heterocycles. The minimum absolute atomic E-state index is 0.000412. The van der Waals surface area contributed by atoms with E-state index in [0.29, 0.717) is 11.3 Å². The van der Waals surface area contributed by atoms with Gasteiger partial charge in [-0.1, -0.05) is 29.8 Å². The van der Waals surface area contributed by atoms with Crippen LogP contribution in [-0.2, 0) is 21.4 Å². The fourth-order valence-corrected chi connectivity index (χ4v) is 4.02. The molecule has 162 valence electrons. The van der Waals surface area contributed by atoms with Gasteiger partial charge in [0, 0.05) is 39.3 Å². The summed E-state index contributed by atoms with van der Waals surface area (Å²) in [6.07, 6.45) is 0.0151. The molecule has 3 N–H and O–H groups in total. The van der Waals surface area contributed by atoms with Crippen LogP contribution in [0.4, 0.5) is 10.5 Å².